The van der Waals surface area contributed by atoms with Crippen molar-refractivity contribution in [3.05, 3.63) is 40.4 Å². The van der Waals surface area contributed by atoms with Gasteiger partial charge in [-0.15, -0.1) is 0 Å². The molecule has 0 spiro atoms. The zero-order valence-corrected chi connectivity index (χ0v) is 11.5. The van der Waals surface area contributed by atoms with Crippen LogP contribution in [0.15, 0.2) is 34.8 Å². The van der Waals surface area contributed by atoms with E-state index in [0.717, 1.165) is 14.5 Å². The third kappa shape index (κ3) is 3.55. The van der Waals surface area contributed by atoms with Crippen LogP contribution in [-0.4, -0.2) is 29.9 Å². The Morgan fingerprint density at radius 3 is 2.20 bits per heavy atom. The van der Waals surface area contributed by atoms with Crippen LogP contribution in [0.25, 0.3) is 4.47 Å². The number of hydrogen-bond donors (Lipinski definition) is 0. The van der Waals surface area contributed by atoms with Gasteiger partial charge in [0.15, 0.2) is 0 Å². The van der Waals surface area contributed by atoms with E-state index in [1.165, 1.54) is 0 Å². The molecule has 74 valence electrons. The second-order valence-corrected chi connectivity index (χ2v) is 6.40. The van der Waals surface area contributed by atoms with Gasteiger partial charge in [0.05, 0.1) is 0 Å². The summed E-state index contributed by atoms with van der Waals surface area (Å²) in [6, 6.07) is 9.84. The Morgan fingerprint density at radius 1 is 1.07 bits per heavy atom. The SMILES string of the molecule is C/C([Se]C#N)=C(\[Se]C#N)c1ccccc1. The van der Waals surface area contributed by atoms with Crippen molar-refractivity contribution in [1.82, 2.24) is 0 Å². The average Bonchev–Trinajstić information content (AvgIpc) is 2.27. The van der Waals surface area contributed by atoms with Crippen LogP contribution in [0.5, 0.6) is 0 Å². The molecule has 1 aromatic rings. The van der Waals surface area contributed by atoms with Crippen LogP contribution >= 0.6 is 0 Å². The molecule has 0 heterocycles. The van der Waals surface area contributed by atoms with Crippen molar-refractivity contribution in [2.45, 2.75) is 6.92 Å². The van der Waals surface area contributed by atoms with Crippen LogP contribution in [-0.2, 0) is 0 Å². The van der Waals surface area contributed by atoms with Gasteiger partial charge in [-0.05, 0) is 0 Å². The van der Waals surface area contributed by atoms with Crippen LogP contribution in [0.4, 0.5) is 0 Å². The first-order valence-electron chi connectivity index (χ1n) is 4.17. The summed E-state index contributed by atoms with van der Waals surface area (Å²) in [4.78, 5) is 4.39. The van der Waals surface area contributed by atoms with Crippen molar-refractivity contribution in [2.24, 2.45) is 0 Å². The number of hydrogen-bond acceptors (Lipinski definition) is 2. The van der Waals surface area contributed by atoms with Gasteiger partial charge < -0.3 is 0 Å². The van der Waals surface area contributed by atoms with Gasteiger partial charge in [-0.3, -0.25) is 0 Å². The van der Waals surface area contributed by atoms with Crippen LogP contribution in [0, 0.1) is 20.5 Å². The van der Waals surface area contributed by atoms with Gasteiger partial charge in [-0.2, -0.15) is 0 Å². The Labute approximate surface area is 102 Å². The first-order chi connectivity index (χ1) is 7.29. The van der Waals surface area contributed by atoms with E-state index >= 15 is 0 Å². The topological polar surface area (TPSA) is 47.6 Å². The molecule has 0 radical (unpaired) electrons. The van der Waals surface area contributed by atoms with E-state index in [9.17, 15) is 0 Å². The average molecular weight is 326 g/mol. The van der Waals surface area contributed by atoms with Gasteiger partial charge in [-0.1, -0.05) is 0 Å². The summed E-state index contributed by atoms with van der Waals surface area (Å²) in [6.45, 7) is 1.95. The summed E-state index contributed by atoms with van der Waals surface area (Å²) >= 11 is -0.339. The number of rotatable bonds is 3. The Balaban J connectivity index is 3.11. The molecule has 0 atom stereocenters. The minimum atomic E-state index is -0.190. The predicted octanol–water partition coefficient (Wildman–Crippen LogP) is 1.75. The molecule has 0 amide bonds. The fraction of sp³-hybridized carbons (Fsp3) is 0.0909. The summed E-state index contributed by atoms with van der Waals surface area (Å²) in [5, 5.41) is 17.5. The van der Waals surface area contributed by atoms with E-state index in [4.69, 9.17) is 10.5 Å². The van der Waals surface area contributed by atoms with Gasteiger partial charge in [0.2, 0.25) is 0 Å². The Kier molecular flexibility index (Phi) is 5.19. The summed E-state index contributed by atoms with van der Waals surface area (Å²) < 4.78 is 2.13. The monoisotopic (exact) mass is 328 g/mol. The van der Waals surface area contributed by atoms with Crippen molar-refractivity contribution in [3.63, 3.8) is 0 Å². The molecule has 0 fully saturated rings. The molecular weight excluding hydrogens is 318 g/mol. The molecule has 1 aromatic carbocycles. The maximum absolute atomic E-state index is 8.78. The fourth-order valence-electron chi connectivity index (χ4n) is 1.08. The summed E-state index contributed by atoms with van der Waals surface area (Å²) in [5.74, 6) is 0. The zero-order chi connectivity index (χ0) is 11.1. The zero-order valence-electron chi connectivity index (χ0n) is 8.10. The quantitative estimate of drug-likeness (QED) is 0.795. The molecule has 4 heteroatoms. The molecule has 0 aliphatic rings. The molecule has 2 nitrogen and oxygen atoms in total. The van der Waals surface area contributed by atoms with Gasteiger partial charge in [0.1, 0.15) is 0 Å². The van der Waals surface area contributed by atoms with Gasteiger partial charge in [0, 0.05) is 0 Å². The number of nitriles is 2. The molecule has 0 aliphatic carbocycles. The van der Waals surface area contributed by atoms with E-state index in [2.05, 4.69) is 9.94 Å². The first-order valence-corrected chi connectivity index (χ1v) is 7.60. The normalized spacial score (nSPS) is 11.1. The van der Waals surface area contributed by atoms with E-state index in [0.29, 0.717) is 0 Å². The van der Waals surface area contributed by atoms with Gasteiger partial charge in [-0.25, -0.2) is 0 Å². The second-order valence-electron chi connectivity index (χ2n) is 2.64. The first kappa shape index (κ1) is 12.1. The summed E-state index contributed by atoms with van der Waals surface area (Å²) in [6.07, 6.45) is 0. The molecule has 0 unspecified atom stereocenters. The van der Waals surface area contributed by atoms with E-state index in [-0.39, 0.29) is 29.9 Å². The number of allylic oxidation sites excluding steroid dienone is 1. The summed E-state index contributed by atoms with van der Waals surface area (Å²) in [7, 11) is 0. The van der Waals surface area contributed by atoms with Crippen molar-refractivity contribution >= 4 is 34.4 Å². The van der Waals surface area contributed by atoms with Crippen LogP contribution in [0.2, 0.25) is 0 Å². The van der Waals surface area contributed by atoms with Gasteiger partial charge >= 0.3 is 102 Å². The molecule has 0 saturated heterocycles. The van der Waals surface area contributed by atoms with Crippen LogP contribution in [0.1, 0.15) is 12.5 Å². The third-order valence-corrected chi connectivity index (χ3v) is 5.38. The minimum absolute atomic E-state index is 0.149. The maximum atomic E-state index is 8.78. The molecule has 0 bridgehead atoms. The Morgan fingerprint density at radius 2 is 1.67 bits per heavy atom. The molecule has 0 N–H and O–H groups in total. The Hall–Kier alpha value is -1.02. The van der Waals surface area contributed by atoms with Crippen LogP contribution < -0.4 is 0 Å². The molecule has 0 aliphatic heterocycles. The number of benzene rings is 1. The van der Waals surface area contributed by atoms with Crippen LogP contribution in [0.3, 0.4) is 0 Å². The fourth-order valence-corrected chi connectivity index (χ4v) is 3.75. The van der Waals surface area contributed by atoms with Crippen molar-refractivity contribution in [2.75, 3.05) is 0 Å². The van der Waals surface area contributed by atoms with E-state index in [1.807, 2.05) is 37.3 Å². The second kappa shape index (κ2) is 6.46. The molecule has 0 saturated carbocycles. The van der Waals surface area contributed by atoms with Crippen molar-refractivity contribution in [1.29, 1.82) is 10.5 Å². The van der Waals surface area contributed by atoms with E-state index in [1.54, 1.807) is 0 Å². The van der Waals surface area contributed by atoms with E-state index < -0.39 is 0 Å². The van der Waals surface area contributed by atoms with Crippen molar-refractivity contribution < 1.29 is 0 Å². The summed E-state index contributed by atoms with van der Waals surface area (Å²) in [5.41, 5.74) is 1.08. The molecular formula is C11H8N2Se2. The van der Waals surface area contributed by atoms with Gasteiger partial charge in [0.25, 0.3) is 0 Å². The molecule has 15 heavy (non-hydrogen) atoms. The predicted molar refractivity (Wildman–Crippen MR) is 61.8 cm³/mol. The Bertz CT molecular complexity index is 438. The van der Waals surface area contributed by atoms with Crippen molar-refractivity contribution in [3.8, 4) is 9.94 Å². The standard InChI is InChI=1S/C11H8N2Se2/c1-9(14-7-12)11(15-8-13)10-5-3-2-4-6-10/h2-6H,1H3/b11-9+. The third-order valence-electron chi connectivity index (χ3n) is 1.70. The molecule has 0 aromatic heterocycles. The number of nitrogens with zero attached hydrogens (tertiary/aromatic N) is 2. The molecule has 1 rings (SSSR count).